The Morgan fingerprint density at radius 1 is 1.09 bits per heavy atom. The second-order valence-corrected chi connectivity index (χ2v) is 6.45. The lowest BCUT2D eigenvalue weighted by atomic mass is 10.4. The molecule has 1 aliphatic heterocycles. The van der Waals surface area contributed by atoms with Gasteiger partial charge >= 0.3 is 0 Å². The molecule has 1 unspecified atom stereocenters. The summed E-state index contributed by atoms with van der Waals surface area (Å²) < 4.78 is 37.2. The summed E-state index contributed by atoms with van der Waals surface area (Å²) in [5.74, 6) is 3.41. The fourth-order valence-electron chi connectivity index (χ4n) is 0.858. The second-order valence-electron chi connectivity index (χ2n) is 2.48. The van der Waals surface area contributed by atoms with Crippen LogP contribution in [-0.4, -0.2) is 30.0 Å². The van der Waals surface area contributed by atoms with Gasteiger partial charge in [0.05, 0.1) is 15.6 Å². The van der Waals surface area contributed by atoms with Crippen molar-refractivity contribution >= 4 is 25.8 Å². The average molecular weight is 198 g/mol. The summed E-state index contributed by atoms with van der Waals surface area (Å²) >= 11 is 0. The Hall–Kier alpha value is -0.0700. The summed E-state index contributed by atoms with van der Waals surface area (Å²) in [6.07, 6.45) is 1.11. The number of rotatable bonds is 0. The molecule has 66 valence electrons. The van der Waals surface area contributed by atoms with Crippen molar-refractivity contribution in [2.24, 2.45) is 0 Å². The van der Waals surface area contributed by atoms with E-state index in [4.69, 9.17) is 0 Å². The van der Waals surface area contributed by atoms with Gasteiger partial charge in [-0.3, -0.25) is 0 Å². The van der Waals surface area contributed by atoms with Gasteiger partial charge in [-0.15, -0.1) is 0 Å². The molecule has 1 saturated heterocycles. The van der Waals surface area contributed by atoms with E-state index in [1.165, 1.54) is 0 Å². The number of hydrogen-bond acceptors (Lipinski definition) is 4. The molecule has 6 heteroatoms. The Morgan fingerprint density at radius 2 is 1.64 bits per heavy atom. The van der Waals surface area contributed by atoms with Gasteiger partial charge < -0.3 is 0 Å². The topological polar surface area (TPSA) is 60.4 Å². The summed E-state index contributed by atoms with van der Waals surface area (Å²) in [5.41, 5.74) is 0. The van der Waals surface area contributed by atoms with Gasteiger partial charge in [-0.25, -0.2) is 4.21 Å². The van der Waals surface area contributed by atoms with Crippen molar-refractivity contribution < 1.29 is 16.3 Å². The monoisotopic (exact) mass is 198 g/mol. The Bertz CT molecular complexity index is 289. The van der Waals surface area contributed by atoms with Crippen molar-refractivity contribution in [3.8, 4) is 0 Å². The first-order chi connectivity index (χ1) is 4.91. The quantitative estimate of drug-likeness (QED) is 0.504. The summed E-state index contributed by atoms with van der Waals surface area (Å²) in [5, 5.41) is 0. The summed E-state index contributed by atoms with van der Waals surface area (Å²) in [6, 6.07) is 0. The summed E-state index contributed by atoms with van der Waals surface area (Å²) in [6.45, 7) is 0. The van der Waals surface area contributed by atoms with Gasteiger partial charge in [-0.05, 0) is 18.7 Å². The molecule has 0 saturated carbocycles. The summed E-state index contributed by atoms with van der Waals surface area (Å²) in [4.78, 5) is 0. The van der Waals surface area contributed by atoms with Gasteiger partial charge in [-0.1, -0.05) is 0 Å². The molecule has 4 nitrogen and oxygen atoms in total. The molecule has 0 spiro atoms. The van der Waals surface area contributed by atoms with Gasteiger partial charge in [0.2, 0.25) is 0 Å². The van der Waals surface area contributed by atoms with Crippen molar-refractivity contribution in [3.63, 3.8) is 0 Å². The second kappa shape index (κ2) is 2.76. The summed E-state index contributed by atoms with van der Waals surface area (Å²) in [7, 11) is -6.38. The van der Waals surface area contributed by atoms with Crippen molar-refractivity contribution in [3.05, 3.63) is 0 Å². The fraction of sp³-hybridized carbons (Fsp3) is 0.800. The minimum atomic E-state index is -3.56. The average Bonchev–Trinajstić information content (AvgIpc) is 1.86. The molecule has 1 atom stereocenters. The number of hydrogen-bond donors (Lipinski definition) is 0. The van der Waals surface area contributed by atoms with Crippen molar-refractivity contribution in [2.75, 3.05) is 11.5 Å². The normalized spacial score (nSPS) is 37.8. The Kier molecular flexibility index (Phi) is 2.27. The minimum absolute atomic E-state index is 0.0422. The van der Waals surface area contributed by atoms with Crippen LogP contribution in [0.2, 0.25) is 0 Å². The molecule has 0 aromatic rings. The molecule has 0 amide bonds. The third-order valence-electron chi connectivity index (χ3n) is 1.33. The maximum absolute atomic E-state index is 11.1. The van der Waals surface area contributed by atoms with Crippen LogP contribution in [0.1, 0.15) is 12.8 Å². The molecule has 11 heavy (non-hydrogen) atoms. The first kappa shape index (κ1) is 9.02. The Morgan fingerprint density at radius 3 is 2.27 bits per heavy atom. The van der Waals surface area contributed by atoms with Crippen LogP contribution in [0.3, 0.4) is 0 Å². The van der Waals surface area contributed by atoms with Crippen molar-refractivity contribution in [2.45, 2.75) is 12.8 Å². The molecule has 0 N–H and O–H groups in total. The lowest BCUT2D eigenvalue weighted by molar-refractivity contribution is 0.500. The van der Waals surface area contributed by atoms with E-state index in [-0.39, 0.29) is 11.5 Å². The van der Waals surface area contributed by atoms with Crippen LogP contribution < -0.4 is 0 Å². The van der Waals surface area contributed by atoms with E-state index in [1.54, 1.807) is 0 Å². The predicted octanol–water partition coefficient (Wildman–Crippen LogP) is -0.242. The van der Waals surface area contributed by atoms with Crippen LogP contribution in [-0.2, 0) is 23.6 Å². The first-order valence-electron chi connectivity index (χ1n) is 3.20. The fourth-order valence-corrected chi connectivity index (χ4v) is 4.12. The molecule has 1 aliphatic rings. The molecule has 0 aromatic heterocycles. The van der Waals surface area contributed by atoms with E-state index in [2.05, 4.69) is 9.50 Å². The van der Waals surface area contributed by atoms with Gasteiger partial charge in [0.25, 0.3) is 10.1 Å². The lowest BCUT2D eigenvalue weighted by Gasteiger charge is -2.02. The van der Waals surface area contributed by atoms with E-state index in [0.29, 0.717) is 12.8 Å². The standard InChI is InChI=1S/C5H10O4S2/c1-10(6)4-2-3-5-11(7,8)9-10/h1-5H2. The molecule has 1 fully saturated rings. The van der Waals surface area contributed by atoms with Gasteiger partial charge in [0.1, 0.15) is 0 Å². The van der Waals surface area contributed by atoms with E-state index in [0.717, 1.165) is 0 Å². The van der Waals surface area contributed by atoms with Crippen molar-refractivity contribution in [1.82, 2.24) is 0 Å². The van der Waals surface area contributed by atoms with Crippen LogP contribution >= 0.6 is 0 Å². The largest absolute Gasteiger partial charge is 0.279 e. The third kappa shape index (κ3) is 2.80. The van der Waals surface area contributed by atoms with Gasteiger partial charge in [-0.2, -0.15) is 12.0 Å². The van der Waals surface area contributed by atoms with Crippen LogP contribution in [0, 0.1) is 0 Å². The van der Waals surface area contributed by atoms with Crippen LogP contribution in [0.4, 0.5) is 0 Å². The first-order valence-corrected chi connectivity index (χ1v) is 6.60. The van der Waals surface area contributed by atoms with Crippen LogP contribution in [0.5, 0.6) is 0 Å². The van der Waals surface area contributed by atoms with Crippen molar-refractivity contribution in [1.29, 1.82) is 0 Å². The zero-order valence-electron chi connectivity index (χ0n) is 5.99. The SMILES string of the molecule is C=S1(=O)CCCCS(=O)(=O)O1. The van der Waals surface area contributed by atoms with Crippen LogP contribution in [0.25, 0.3) is 0 Å². The van der Waals surface area contributed by atoms with E-state index in [1.807, 2.05) is 0 Å². The highest BCUT2D eigenvalue weighted by atomic mass is 32.3. The highest BCUT2D eigenvalue weighted by molar-refractivity contribution is 8.05. The predicted molar refractivity (Wildman–Crippen MR) is 44.2 cm³/mol. The highest BCUT2D eigenvalue weighted by Crippen LogP contribution is 2.12. The zero-order valence-corrected chi connectivity index (χ0v) is 7.62. The molecule has 1 heterocycles. The smallest absolute Gasteiger partial charge is 0.240 e. The highest BCUT2D eigenvalue weighted by Gasteiger charge is 2.21. The zero-order chi connectivity index (χ0) is 8.54. The third-order valence-corrected chi connectivity index (χ3v) is 4.85. The van der Waals surface area contributed by atoms with E-state index >= 15 is 0 Å². The molecule has 1 rings (SSSR count). The Balaban J connectivity index is 2.96. The van der Waals surface area contributed by atoms with Crippen LogP contribution in [0.15, 0.2) is 0 Å². The minimum Gasteiger partial charge on any atom is -0.240 e. The Labute approximate surface area is 66.9 Å². The molecule has 0 radical (unpaired) electrons. The molecule has 0 bridgehead atoms. The van der Waals surface area contributed by atoms with E-state index < -0.39 is 19.9 Å². The molecule has 0 aliphatic carbocycles. The molecular formula is C5H10O4S2. The maximum Gasteiger partial charge on any atom is 0.279 e. The maximum atomic E-state index is 11.1. The van der Waals surface area contributed by atoms with E-state index in [9.17, 15) is 12.6 Å². The molecule has 0 aromatic carbocycles. The lowest BCUT2D eigenvalue weighted by Crippen LogP contribution is -2.13. The van der Waals surface area contributed by atoms with Gasteiger partial charge in [0, 0.05) is 5.75 Å². The van der Waals surface area contributed by atoms with Gasteiger partial charge in [0.15, 0.2) is 0 Å². The molecular weight excluding hydrogens is 188 g/mol.